The van der Waals surface area contributed by atoms with Gasteiger partial charge < -0.3 is 9.84 Å². The average Bonchev–Trinajstić information content (AvgIpc) is 2.32. The Labute approximate surface area is 112 Å². The van der Waals surface area contributed by atoms with E-state index in [0.717, 1.165) is 22.9 Å². The van der Waals surface area contributed by atoms with Crippen molar-refractivity contribution in [2.24, 2.45) is 0 Å². The zero-order chi connectivity index (χ0) is 12.7. The number of ether oxygens (including phenoxy) is 1. The van der Waals surface area contributed by atoms with E-state index >= 15 is 0 Å². The van der Waals surface area contributed by atoms with Crippen LogP contribution in [0.15, 0.2) is 28.7 Å². The topological polar surface area (TPSA) is 29.5 Å². The lowest BCUT2D eigenvalue weighted by atomic mass is 10.0. The molecule has 1 rings (SSSR count). The normalized spacial score (nSPS) is 14.6. The second-order valence-electron chi connectivity index (χ2n) is 4.18. The van der Waals surface area contributed by atoms with Gasteiger partial charge >= 0.3 is 0 Å². The van der Waals surface area contributed by atoms with Crippen molar-refractivity contribution in [1.29, 1.82) is 0 Å². The van der Waals surface area contributed by atoms with Crippen LogP contribution in [-0.2, 0) is 11.2 Å². The number of hydrogen-bond donors (Lipinski definition) is 1. The van der Waals surface area contributed by atoms with Crippen LogP contribution in [0, 0.1) is 0 Å². The van der Waals surface area contributed by atoms with E-state index in [2.05, 4.69) is 22.9 Å². The number of benzene rings is 1. The SMILES string of the molecule is CCCC(OCC)C(O)Cc1ccc(Br)cc1. The van der Waals surface area contributed by atoms with E-state index in [9.17, 15) is 5.11 Å². The molecule has 0 saturated carbocycles. The fourth-order valence-corrected chi connectivity index (χ4v) is 2.14. The lowest BCUT2D eigenvalue weighted by Crippen LogP contribution is -2.30. The third-order valence-corrected chi connectivity index (χ3v) is 3.27. The average molecular weight is 301 g/mol. The molecular formula is C14H21BrO2. The molecule has 0 fully saturated rings. The van der Waals surface area contributed by atoms with Crippen LogP contribution in [0.1, 0.15) is 32.3 Å². The molecule has 3 heteroatoms. The molecule has 0 spiro atoms. The standard InChI is InChI=1S/C14H21BrO2/c1-3-5-14(17-4-2)13(16)10-11-6-8-12(15)9-7-11/h6-9,13-14,16H,3-5,10H2,1-2H3. The molecule has 0 heterocycles. The zero-order valence-electron chi connectivity index (χ0n) is 10.5. The molecule has 2 unspecified atom stereocenters. The van der Waals surface area contributed by atoms with Crippen LogP contribution in [-0.4, -0.2) is 23.9 Å². The van der Waals surface area contributed by atoms with Gasteiger partial charge in [-0.3, -0.25) is 0 Å². The Kier molecular flexibility index (Phi) is 6.78. The monoisotopic (exact) mass is 300 g/mol. The number of aliphatic hydroxyl groups excluding tert-OH is 1. The van der Waals surface area contributed by atoms with Crippen molar-refractivity contribution in [2.45, 2.75) is 45.3 Å². The molecule has 2 nitrogen and oxygen atoms in total. The maximum atomic E-state index is 10.2. The van der Waals surface area contributed by atoms with Crippen molar-refractivity contribution in [1.82, 2.24) is 0 Å². The second kappa shape index (κ2) is 7.85. The summed E-state index contributed by atoms with van der Waals surface area (Å²) in [7, 11) is 0. The van der Waals surface area contributed by atoms with Crippen LogP contribution in [0.25, 0.3) is 0 Å². The van der Waals surface area contributed by atoms with Crippen LogP contribution >= 0.6 is 15.9 Å². The first-order chi connectivity index (χ1) is 8.17. The maximum absolute atomic E-state index is 10.2. The van der Waals surface area contributed by atoms with Gasteiger partial charge in [0.05, 0.1) is 12.2 Å². The predicted octanol–water partition coefficient (Wildman–Crippen LogP) is 3.56. The minimum atomic E-state index is -0.420. The quantitative estimate of drug-likeness (QED) is 0.834. The highest BCUT2D eigenvalue weighted by molar-refractivity contribution is 9.10. The van der Waals surface area contributed by atoms with Crippen LogP contribution < -0.4 is 0 Å². The molecule has 1 aromatic rings. The molecule has 0 aliphatic rings. The molecule has 96 valence electrons. The largest absolute Gasteiger partial charge is 0.390 e. The van der Waals surface area contributed by atoms with Gasteiger partial charge in [-0.25, -0.2) is 0 Å². The summed E-state index contributed by atoms with van der Waals surface area (Å²) in [5.41, 5.74) is 1.14. The van der Waals surface area contributed by atoms with E-state index < -0.39 is 6.10 Å². The molecular weight excluding hydrogens is 280 g/mol. The van der Waals surface area contributed by atoms with Gasteiger partial charge in [-0.1, -0.05) is 41.4 Å². The van der Waals surface area contributed by atoms with E-state index in [0.29, 0.717) is 13.0 Å². The molecule has 0 radical (unpaired) electrons. The Morgan fingerprint density at radius 1 is 1.24 bits per heavy atom. The van der Waals surface area contributed by atoms with Crippen molar-refractivity contribution in [3.63, 3.8) is 0 Å². The second-order valence-corrected chi connectivity index (χ2v) is 5.10. The minimum Gasteiger partial charge on any atom is -0.390 e. The Hall–Kier alpha value is -0.380. The molecule has 1 N–H and O–H groups in total. The van der Waals surface area contributed by atoms with Crippen LogP contribution in [0.4, 0.5) is 0 Å². The molecule has 0 aromatic heterocycles. The molecule has 17 heavy (non-hydrogen) atoms. The van der Waals surface area contributed by atoms with Crippen LogP contribution in [0.5, 0.6) is 0 Å². The Bertz CT molecular complexity index is 305. The van der Waals surface area contributed by atoms with Gasteiger partial charge in [-0.15, -0.1) is 0 Å². The van der Waals surface area contributed by atoms with E-state index in [1.54, 1.807) is 0 Å². The van der Waals surface area contributed by atoms with Gasteiger partial charge in [0.1, 0.15) is 0 Å². The third kappa shape index (κ3) is 5.19. The van der Waals surface area contributed by atoms with E-state index in [1.165, 1.54) is 0 Å². The first-order valence-corrected chi connectivity index (χ1v) is 7.00. The Morgan fingerprint density at radius 3 is 2.41 bits per heavy atom. The van der Waals surface area contributed by atoms with E-state index in [-0.39, 0.29) is 6.10 Å². The predicted molar refractivity (Wildman–Crippen MR) is 74.2 cm³/mol. The summed E-state index contributed by atoms with van der Waals surface area (Å²) in [6.07, 6.45) is 2.12. The number of halogens is 1. The Balaban J connectivity index is 2.55. The highest BCUT2D eigenvalue weighted by atomic mass is 79.9. The van der Waals surface area contributed by atoms with Crippen LogP contribution in [0.2, 0.25) is 0 Å². The van der Waals surface area contributed by atoms with Crippen molar-refractivity contribution < 1.29 is 9.84 Å². The maximum Gasteiger partial charge on any atom is 0.0842 e. The summed E-state index contributed by atoms with van der Waals surface area (Å²) in [6.45, 7) is 4.73. The van der Waals surface area contributed by atoms with Gasteiger partial charge in [0.15, 0.2) is 0 Å². The van der Waals surface area contributed by atoms with Gasteiger partial charge in [0.25, 0.3) is 0 Å². The summed E-state index contributed by atoms with van der Waals surface area (Å²) in [5.74, 6) is 0. The van der Waals surface area contributed by atoms with Crippen LogP contribution in [0.3, 0.4) is 0 Å². The van der Waals surface area contributed by atoms with Gasteiger partial charge in [-0.2, -0.15) is 0 Å². The van der Waals surface area contributed by atoms with Gasteiger partial charge in [0.2, 0.25) is 0 Å². The van der Waals surface area contributed by atoms with E-state index in [1.807, 2.05) is 31.2 Å². The molecule has 2 atom stereocenters. The molecule has 0 aliphatic heterocycles. The zero-order valence-corrected chi connectivity index (χ0v) is 12.1. The van der Waals surface area contributed by atoms with Crippen molar-refractivity contribution in [3.05, 3.63) is 34.3 Å². The van der Waals surface area contributed by atoms with Crippen molar-refractivity contribution >= 4 is 15.9 Å². The summed E-state index contributed by atoms with van der Waals surface area (Å²) in [4.78, 5) is 0. The number of hydrogen-bond acceptors (Lipinski definition) is 2. The number of aliphatic hydroxyl groups is 1. The van der Waals surface area contributed by atoms with E-state index in [4.69, 9.17) is 4.74 Å². The van der Waals surface area contributed by atoms with Gasteiger partial charge in [0, 0.05) is 17.5 Å². The summed E-state index contributed by atoms with van der Waals surface area (Å²) < 4.78 is 6.64. The first-order valence-electron chi connectivity index (χ1n) is 6.21. The Morgan fingerprint density at radius 2 is 1.88 bits per heavy atom. The lowest BCUT2D eigenvalue weighted by molar-refractivity contribution is -0.0363. The summed E-state index contributed by atoms with van der Waals surface area (Å²) >= 11 is 3.40. The van der Waals surface area contributed by atoms with Gasteiger partial charge in [-0.05, 0) is 31.0 Å². The summed E-state index contributed by atoms with van der Waals surface area (Å²) in [6, 6.07) is 8.06. The minimum absolute atomic E-state index is 0.0475. The third-order valence-electron chi connectivity index (χ3n) is 2.74. The number of rotatable bonds is 7. The smallest absolute Gasteiger partial charge is 0.0842 e. The first kappa shape index (κ1) is 14.7. The molecule has 0 bridgehead atoms. The highest BCUT2D eigenvalue weighted by Crippen LogP contribution is 2.15. The molecule has 0 amide bonds. The summed E-state index contributed by atoms with van der Waals surface area (Å²) in [5, 5.41) is 10.2. The highest BCUT2D eigenvalue weighted by Gasteiger charge is 2.18. The lowest BCUT2D eigenvalue weighted by Gasteiger charge is -2.22. The molecule has 0 saturated heterocycles. The fraction of sp³-hybridized carbons (Fsp3) is 0.571. The van der Waals surface area contributed by atoms with Crippen molar-refractivity contribution in [3.8, 4) is 0 Å². The fourth-order valence-electron chi connectivity index (χ4n) is 1.88. The molecule has 1 aromatic carbocycles. The van der Waals surface area contributed by atoms with Crippen molar-refractivity contribution in [2.75, 3.05) is 6.61 Å². The molecule has 0 aliphatic carbocycles.